The average Bonchev–Trinajstić information content (AvgIpc) is 2.58. The van der Waals surface area contributed by atoms with Gasteiger partial charge in [0.1, 0.15) is 5.75 Å². The predicted octanol–water partition coefficient (Wildman–Crippen LogP) is 0.743. The van der Waals surface area contributed by atoms with Crippen LogP contribution in [0, 0.1) is 0 Å². The smallest absolute Gasteiger partial charge is 0.230 e. The van der Waals surface area contributed by atoms with E-state index in [9.17, 15) is 9.59 Å². The molecule has 1 aromatic rings. The zero-order valence-corrected chi connectivity index (χ0v) is 11.8. The van der Waals surface area contributed by atoms with Gasteiger partial charge in [-0.15, -0.1) is 0 Å². The summed E-state index contributed by atoms with van der Waals surface area (Å²) in [5.41, 5.74) is 6.79. The molecule has 2 amide bonds. The van der Waals surface area contributed by atoms with Crippen molar-refractivity contribution in [2.75, 3.05) is 37.0 Å². The first-order valence-electron chi connectivity index (χ1n) is 6.54. The summed E-state index contributed by atoms with van der Waals surface area (Å²) < 4.78 is 5.55. The number of benzene rings is 1. The summed E-state index contributed by atoms with van der Waals surface area (Å²) in [7, 11) is 3.40. The van der Waals surface area contributed by atoms with E-state index in [1.165, 1.54) is 4.90 Å². The minimum atomic E-state index is -0.0593. The van der Waals surface area contributed by atoms with Crippen molar-refractivity contribution in [3.63, 3.8) is 0 Å². The maximum Gasteiger partial charge on any atom is 0.230 e. The topological polar surface area (TPSA) is 75.9 Å². The number of hydrogen-bond donors (Lipinski definition) is 1. The molecule has 0 saturated carbocycles. The van der Waals surface area contributed by atoms with Crippen LogP contribution in [0.15, 0.2) is 18.2 Å². The van der Waals surface area contributed by atoms with Crippen LogP contribution in [0.4, 0.5) is 11.4 Å². The van der Waals surface area contributed by atoms with Gasteiger partial charge in [0, 0.05) is 32.7 Å². The lowest BCUT2D eigenvalue weighted by Crippen LogP contribution is -2.29. The van der Waals surface area contributed by atoms with Gasteiger partial charge in [0.15, 0.2) is 0 Å². The average molecular weight is 277 g/mol. The van der Waals surface area contributed by atoms with Crippen LogP contribution in [0.1, 0.15) is 12.8 Å². The van der Waals surface area contributed by atoms with E-state index in [0.29, 0.717) is 43.1 Å². The minimum Gasteiger partial charge on any atom is -0.491 e. The van der Waals surface area contributed by atoms with E-state index in [-0.39, 0.29) is 11.8 Å². The SMILES string of the molecule is CN(C(=O)CCN)c1ccc2c(c1)N(C)C(=O)CCO2. The minimum absolute atomic E-state index is 0.00293. The number of carbonyl (C=O) groups excluding carboxylic acids is 2. The van der Waals surface area contributed by atoms with Crippen LogP contribution < -0.4 is 20.3 Å². The summed E-state index contributed by atoms with van der Waals surface area (Å²) in [5.74, 6) is 0.592. The van der Waals surface area contributed by atoms with Gasteiger partial charge in [-0.3, -0.25) is 9.59 Å². The van der Waals surface area contributed by atoms with Crippen molar-refractivity contribution in [1.82, 2.24) is 0 Å². The highest BCUT2D eigenvalue weighted by Gasteiger charge is 2.21. The monoisotopic (exact) mass is 277 g/mol. The Morgan fingerprint density at radius 1 is 1.50 bits per heavy atom. The highest BCUT2D eigenvalue weighted by atomic mass is 16.5. The molecule has 6 nitrogen and oxygen atoms in total. The fraction of sp³-hybridized carbons (Fsp3) is 0.429. The molecule has 6 heteroatoms. The van der Waals surface area contributed by atoms with Crippen LogP contribution in [-0.4, -0.2) is 39.1 Å². The van der Waals surface area contributed by atoms with E-state index in [0.717, 1.165) is 0 Å². The van der Waals surface area contributed by atoms with Gasteiger partial charge in [-0.2, -0.15) is 0 Å². The van der Waals surface area contributed by atoms with E-state index in [1.54, 1.807) is 37.2 Å². The highest BCUT2D eigenvalue weighted by Crippen LogP contribution is 2.34. The zero-order valence-electron chi connectivity index (χ0n) is 11.8. The Balaban J connectivity index is 2.33. The zero-order chi connectivity index (χ0) is 14.7. The second kappa shape index (κ2) is 5.92. The quantitative estimate of drug-likeness (QED) is 0.884. The van der Waals surface area contributed by atoms with E-state index >= 15 is 0 Å². The Hall–Kier alpha value is -2.08. The third-order valence-electron chi connectivity index (χ3n) is 3.37. The first-order valence-corrected chi connectivity index (χ1v) is 6.54. The van der Waals surface area contributed by atoms with Crippen molar-refractivity contribution in [2.24, 2.45) is 5.73 Å². The molecule has 20 heavy (non-hydrogen) atoms. The van der Waals surface area contributed by atoms with Crippen LogP contribution in [0.5, 0.6) is 5.75 Å². The number of hydrogen-bond acceptors (Lipinski definition) is 4. The molecular formula is C14H19N3O3. The van der Waals surface area contributed by atoms with Crippen molar-refractivity contribution in [3.8, 4) is 5.75 Å². The lowest BCUT2D eigenvalue weighted by molar-refractivity contribution is -0.119. The molecule has 0 aromatic heterocycles. The van der Waals surface area contributed by atoms with Gasteiger partial charge in [0.2, 0.25) is 11.8 Å². The number of rotatable bonds is 3. The number of carbonyl (C=O) groups is 2. The molecule has 1 aliphatic heterocycles. The largest absolute Gasteiger partial charge is 0.491 e. The fourth-order valence-corrected chi connectivity index (χ4v) is 2.08. The number of ether oxygens (including phenoxy) is 1. The molecule has 1 aliphatic rings. The normalized spacial score (nSPS) is 14.3. The van der Waals surface area contributed by atoms with E-state index in [1.807, 2.05) is 0 Å². The first-order chi connectivity index (χ1) is 9.54. The van der Waals surface area contributed by atoms with Crippen LogP contribution in [-0.2, 0) is 9.59 Å². The molecule has 0 radical (unpaired) electrons. The lowest BCUT2D eigenvalue weighted by Gasteiger charge is -2.21. The van der Waals surface area contributed by atoms with E-state index in [4.69, 9.17) is 10.5 Å². The summed E-state index contributed by atoms with van der Waals surface area (Å²) in [5, 5.41) is 0. The van der Waals surface area contributed by atoms with Crippen LogP contribution in [0.25, 0.3) is 0 Å². The van der Waals surface area contributed by atoms with Crippen molar-refractivity contribution in [3.05, 3.63) is 18.2 Å². The third-order valence-corrected chi connectivity index (χ3v) is 3.37. The van der Waals surface area contributed by atoms with Gasteiger partial charge >= 0.3 is 0 Å². The number of fused-ring (bicyclic) bond motifs is 1. The summed E-state index contributed by atoms with van der Waals surface area (Å²) in [4.78, 5) is 26.8. The standard InChI is InChI=1S/C14H19N3O3/c1-16(13(18)5-7-15)10-3-4-12-11(9-10)17(2)14(19)6-8-20-12/h3-4,9H,5-8,15H2,1-2H3. The Morgan fingerprint density at radius 2 is 2.25 bits per heavy atom. The van der Waals surface area contributed by atoms with Gasteiger partial charge in [0.05, 0.1) is 18.7 Å². The van der Waals surface area contributed by atoms with E-state index in [2.05, 4.69) is 0 Å². The predicted molar refractivity (Wildman–Crippen MR) is 77.0 cm³/mol. The Kier molecular flexibility index (Phi) is 4.24. The summed E-state index contributed by atoms with van der Waals surface area (Å²) >= 11 is 0. The maximum absolute atomic E-state index is 11.9. The van der Waals surface area contributed by atoms with Gasteiger partial charge in [-0.05, 0) is 18.2 Å². The van der Waals surface area contributed by atoms with Crippen molar-refractivity contribution < 1.29 is 14.3 Å². The number of amides is 2. The molecule has 0 aliphatic carbocycles. The van der Waals surface area contributed by atoms with Crippen molar-refractivity contribution in [2.45, 2.75) is 12.8 Å². The molecule has 0 fully saturated rings. The number of nitrogens with two attached hydrogens (primary N) is 1. The Bertz CT molecular complexity index is 530. The molecule has 2 rings (SSSR count). The van der Waals surface area contributed by atoms with Gasteiger partial charge in [-0.1, -0.05) is 0 Å². The van der Waals surface area contributed by atoms with Gasteiger partial charge in [-0.25, -0.2) is 0 Å². The van der Waals surface area contributed by atoms with Crippen molar-refractivity contribution in [1.29, 1.82) is 0 Å². The van der Waals surface area contributed by atoms with Crippen LogP contribution >= 0.6 is 0 Å². The number of anilines is 2. The molecular weight excluding hydrogens is 258 g/mol. The summed E-state index contributed by atoms with van der Waals surface area (Å²) in [6, 6.07) is 5.37. The molecule has 0 bridgehead atoms. The molecule has 108 valence electrons. The second-order valence-corrected chi connectivity index (χ2v) is 4.69. The van der Waals surface area contributed by atoms with Gasteiger partial charge in [0.25, 0.3) is 0 Å². The summed E-state index contributed by atoms with van der Waals surface area (Å²) in [6.07, 6.45) is 0.640. The Morgan fingerprint density at radius 3 is 2.95 bits per heavy atom. The fourth-order valence-electron chi connectivity index (χ4n) is 2.08. The molecule has 1 heterocycles. The second-order valence-electron chi connectivity index (χ2n) is 4.69. The van der Waals surface area contributed by atoms with E-state index < -0.39 is 0 Å². The maximum atomic E-state index is 11.9. The molecule has 0 spiro atoms. The third kappa shape index (κ3) is 2.75. The summed E-state index contributed by atoms with van der Waals surface area (Å²) in [6.45, 7) is 0.688. The van der Waals surface area contributed by atoms with Gasteiger partial charge < -0.3 is 20.3 Å². The van der Waals surface area contributed by atoms with Crippen LogP contribution in [0.3, 0.4) is 0 Å². The highest BCUT2D eigenvalue weighted by molar-refractivity contribution is 5.98. The van der Waals surface area contributed by atoms with Crippen LogP contribution in [0.2, 0.25) is 0 Å². The number of nitrogens with zero attached hydrogens (tertiary/aromatic N) is 2. The lowest BCUT2D eigenvalue weighted by atomic mass is 10.2. The van der Waals surface area contributed by atoms with Crippen molar-refractivity contribution >= 4 is 23.2 Å². The molecule has 2 N–H and O–H groups in total. The first kappa shape index (κ1) is 14.3. The molecule has 0 atom stereocenters. The molecule has 1 aromatic carbocycles. The molecule has 0 saturated heterocycles. The molecule has 0 unspecified atom stereocenters. The Labute approximate surface area is 118 Å².